The molecule has 7 nitrogen and oxygen atoms in total. The molecule has 0 saturated carbocycles. The molecule has 8 heteroatoms. The predicted octanol–water partition coefficient (Wildman–Crippen LogP) is 1.29. The van der Waals surface area contributed by atoms with E-state index in [9.17, 15) is 18.0 Å². The summed E-state index contributed by atoms with van der Waals surface area (Å²) in [6.07, 6.45) is 1.05. The number of aromatic nitrogens is 1. The number of nitrogens with one attached hydrogen (secondary N) is 3. The number of carbonyl (C=O) groups is 1. The van der Waals surface area contributed by atoms with E-state index in [4.69, 9.17) is 0 Å². The van der Waals surface area contributed by atoms with Crippen LogP contribution >= 0.6 is 0 Å². The Balaban J connectivity index is 2.07. The molecule has 0 aliphatic rings. The first-order chi connectivity index (χ1) is 11.2. The molecule has 0 atom stereocenters. The van der Waals surface area contributed by atoms with E-state index in [1.807, 2.05) is 13.0 Å². The number of benzene rings is 1. The third-order valence-electron chi connectivity index (χ3n) is 3.37. The second-order valence-corrected chi connectivity index (χ2v) is 7.33. The minimum atomic E-state index is -3.36. The quantitative estimate of drug-likeness (QED) is 0.756. The average Bonchev–Trinajstić information content (AvgIpc) is 2.45. The van der Waals surface area contributed by atoms with Crippen molar-refractivity contribution in [1.29, 1.82) is 0 Å². The van der Waals surface area contributed by atoms with Gasteiger partial charge in [-0.15, -0.1) is 0 Å². The minimum absolute atomic E-state index is 0.115. The van der Waals surface area contributed by atoms with E-state index in [2.05, 4.69) is 15.0 Å². The van der Waals surface area contributed by atoms with Gasteiger partial charge in [0, 0.05) is 29.1 Å². The molecule has 0 saturated heterocycles. The number of sulfonamides is 1. The Morgan fingerprint density at radius 1 is 1.17 bits per heavy atom. The summed E-state index contributed by atoms with van der Waals surface area (Å²) >= 11 is 0. The lowest BCUT2D eigenvalue weighted by atomic mass is 10.1. The summed E-state index contributed by atoms with van der Waals surface area (Å²) in [5.41, 5.74) is 2.60. The fourth-order valence-electron chi connectivity index (χ4n) is 2.28. The largest absolute Gasteiger partial charge is 0.348 e. The molecule has 0 radical (unpaired) electrons. The highest BCUT2D eigenvalue weighted by Gasteiger charge is 2.10. The van der Waals surface area contributed by atoms with Crippen LogP contribution in [0, 0.1) is 13.8 Å². The Hall–Kier alpha value is -2.61. The molecule has 0 spiro atoms. The van der Waals surface area contributed by atoms with Crippen molar-refractivity contribution in [2.24, 2.45) is 0 Å². The Morgan fingerprint density at radius 3 is 2.33 bits per heavy atom. The second-order valence-electron chi connectivity index (χ2n) is 5.58. The monoisotopic (exact) mass is 349 g/mol. The van der Waals surface area contributed by atoms with Gasteiger partial charge in [-0.25, -0.2) is 8.42 Å². The van der Waals surface area contributed by atoms with Crippen molar-refractivity contribution in [3.8, 4) is 0 Å². The predicted molar refractivity (Wildman–Crippen MR) is 92.6 cm³/mol. The van der Waals surface area contributed by atoms with Crippen LogP contribution in [-0.2, 0) is 16.6 Å². The van der Waals surface area contributed by atoms with Gasteiger partial charge in [-0.3, -0.25) is 14.3 Å². The van der Waals surface area contributed by atoms with Gasteiger partial charge in [0.1, 0.15) is 0 Å². The molecule has 0 fully saturated rings. The van der Waals surface area contributed by atoms with Crippen molar-refractivity contribution in [2.75, 3.05) is 11.0 Å². The van der Waals surface area contributed by atoms with Crippen LogP contribution in [0.4, 0.5) is 5.69 Å². The zero-order valence-electron chi connectivity index (χ0n) is 13.6. The van der Waals surface area contributed by atoms with Gasteiger partial charge in [0.05, 0.1) is 6.26 Å². The fourth-order valence-corrected chi connectivity index (χ4v) is 2.84. The second kappa shape index (κ2) is 6.88. The summed E-state index contributed by atoms with van der Waals surface area (Å²) in [5, 5.41) is 2.69. The number of carbonyl (C=O) groups excluding carboxylic acids is 1. The topological polar surface area (TPSA) is 108 Å². The maximum atomic E-state index is 12.1. The average molecular weight is 349 g/mol. The van der Waals surface area contributed by atoms with Crippen LogP contribution in [0.25, 0.3) is 0 Å². The molecule has 1 aromatic carbocycles. The molecular formula is C16H19N3O4S. The van der Waals surface area contributed by atoms with Gasteiger partial charge in [-0.05, 0) is 49.7 Å². The lowest BCUT2D eigenvalue weighted by Crippen LogP contribution is -2.27. The Bertz CT molecular complexity index is 915. The SMILES string of the molecule is Cc1cc(C)c(CNC(=O)c2ccc(NS(C)(=O)=O)cc2)c(=O)[nH]1. The van der Waals surface area contributed by atoms with E-state index in [1.54, 1.807) is 6.92 Å². The van der Waals surface area contributed by atoms with Gasteiger partial charge in [0.15, 0.2) is 0 Å². The number of H-pyrrole nitrogens is 1. The highest BCUT2D eigenvalue weighted by atomic mass is 32.2. The first-order valence-corrected chi connectivity index (χ1v) is 9.10. The lowest BCUT2D eigenvalue weighted by Gasteiger charge is -2.09. The molecule has 24 heavy (non-hydrogen) atoms. The Kier molecular flexibility index (Phi) is 5.08. The van der Waals surface area contributed by atoms with E-state index >= 15 is 0 Å². The van der Waals surface area contributed by atoms with Gasteiger partial charge in [0.2, 0.25) is 10.0 Å². The van der Waals surface area contributed by atoms with Crippen molar-refractivity contribution in [1.82, 2.24) is 10.3 Å². The van der Waals surface area contributed by atoms with Crippen molar-refractivity contribution >= 4 is 21.6 Å². The molecular weight excluding hydrogens is 330 g/mol. The van der Waals surface area contributed by atoms with Crippen LogP contribution in [0.5, 0.6) is 0 Å². The maximum Gasteiger partial charge on any atom is 0.253 e. The Morgan fingerprint density at radius 2 is 1.79 bits per heavy atom. The van der Waals surface area contributed by atoms with Gasteiger partial charge in [-0.2, -0.15) is 0 Å². The zero-order chi connectivity index (χ0) is 17.9. The number of rotatable bonds is 5. The molecule has 0 aliphatic heterocycles. The summed E-state index contributed by atoms with van der Waals surface area (Å²) in [6, 6.07) is 7.86. The van der Waals surface area contributed by atoms with Crippen LogP contribution in [0.1, 0.15) is 27.2 Å². The minimum Gasteiger partial charge on any atom is -0.348 e. The van der Waals surface area contributed by atoms with Crippen LogP contribution in [0.15, 0.2) is 35.1 Å². The summed E-state index contributed by atoms with van der Waals surface area (Å²) in [5.74, 6) is -0.347. The summed E-state index contributed by atoms with van der Waals surface area (Å²) in [7, 11) is -3.36. The van der Waals surface area contributed by atoms with E-state index in [0.29, 0.717) is 16.8 Å². The molecule has 1 heterocycles. The van der Waals surface area contributed by atoms with Crippen molar-refractivity contribution < 1.29 is 13.2 Å². The number of aromatic amines is 1. The molecule has 3 N–H and O–H groups in total. The van der Waals surface area contributed by atoms with Gasteiger partial charge >= 0.3 is 0 Å². The van der Waals surface area contributed by atoms with Gasteiger partial charge in [0.25, 0.3) is 11.5 Å². The highest BCUT2D eigenvalue weighted by Crippen LogP contribution is 2.11. The highest BCUT2D eigenvalue weighted by molar-refractivity contribution is 7.92. The van der Waals surface area contributed by atoms with Crippen LogP contribution in [0.3, 0.4) is 0 Å². The summed E-state index contributed by atoms with van der Waals surface area (Å²) < 4.78 is 24.6. The normalized spacial score (nSPS) is 11.1. The van der Waals surface area contributed by atoms with Gasteiger partial charge in [-0.1, -0.05) is 0 Å². The molecule has 0 bridgehead atoms. The molecule has 128 valence electrons. The number of hydrogen-bond donors (Lipinski definition) is 3. The van der Waals surface area contributed by atoms with Crippen molar-refractivity contribution in [3.63, 3.8) is 0 Å². The third-order valence-corrected chi connectivity index (χ3v) is 3.98. The van der Waals surface area contributed by atoms with Crippen LogP contribution in [0.2, 0.25) is 0 Å². The number of hydrogen-bond acceptors (Lipinski definition) is 4. The summed E-state index contributed by atoms with van der Waals surface area (Å²) in [6.45, 7) is 3.72. The molecule has 2 aromatic rings. The lowest BCUT2D eigenvalue weighted by molar-refractivity contribution is 0.0951. The first-order valence-electron chi connectivity index (χ1n) is 7.21. The van der Waals surface area contributed by atoms with Gasteiger partial charge < -0.3 is 10.3 Å². The number of aryl methyl sites for hydroxylation is 2. The summed E-state index contributed by atoms with van der Waals surface area (Å²) in [4.78, 5) is 26.8. The van der Waals surface area contributed by atoms with E-state index in [1.165, 1.54) is 24.3 Å². The molecule has 0 unspecified atom stereocenters. The number of amides is 1. The van der Waals surface area contributed by atoms with Crippen molar-refractivity contribution in [2.45, 2.75) is 20.4 Å². The number of pyridine rings is 1. The van der Waals surface area contributed by atoms with Crippen LogP contribution < -0.4 is 15.6 Å². The Labute approximate surface area is 140 Å². The van der Waals surface area contributed by atoms with E-state index in [0.717, 1.165) is 17.5 Å². The molecule has 1 amide bonds. The smallest absolute Gasteiger partial charge is 0.253 e. The fraction of sp³-hybridized carbons (Fsp3) is 0.250. The molecule has 0 aliphatic carbocycles. The zero-order valence-corrected chi connectivity index (χ0v) is 14.5. The van der Waals surface area contributed by atoms with Crippen LogP contribution in [-0.4, -0.2) is 25.6 Å². The molecule has 1 aromatic heterocycles. The van der Waals surface area contributed by atoms with E-state index in [-0.39, 0.29) is 18.0 Å². The number of anilines is 1. The maximum absolute atomic E-state index is 12.1. The van der Waals surface area contributed by atoms with Crippen molar-refractivity contribution in [3.05, 3.63) is 63.1 Å². The third kappa shape index (κ3) is 4.69. The molecule has 2 rings (SSSR count). The van der Waals surface area contributed by atoms with E-state index < -0.39 is 10.0 Å². The standard InChI is InChI=1S/C16H19N3O4S/c1-10-8-11(2)18-16(21)14(10)9-17-15(20)12-4-6-13(7-5-12)19-24(3,22)23/h4-8,19H,9H2,1-3H3,(H,17,20)(H,18,21). The first kappa shape index (κ1) is 17.7.